The summed E-state index contributed by atoms with van der Waals surface area (Å²) in [6.07, 6.45) is 0. The van der Waals surface area contributed by atoms with E-state index in [9.17, 15) is 4.39 Å². The molecule has 2 aromatic rings. The number of halogens is 3. The van der Waals surface area contributed by atoms with Gasteiger partial charge >= 0.3 is 0 Å². The van der Waals surface area contributed by atoms with Crippen molar-refractivity contribution in [2.75, 3.05) is 5.32 Å². The molecule has 1 aromatic heterocycles. The van der Waals surface area contributed by atoms with Crippen LogP contribution < -0.4 is 5.32 Å². The minimum Gasteiger partial charge on any atom is -0.444 e. The Morgan fingerprint density at radius 2 is 1.89 bits per heavy atom. The first kappa shape index (κ1) is 13.2. The van der Waals surface area contributed by atoms with Crippen molar-refractivity contribution in [1.29, 1.82) is 0 Å². The molecule has 3 nitrogen and oxygen atoms in total. The van der Waals surface area contributed by atoms with E-state index < -0.39 is 5.82 Å². The van der Waals surface area contributed by atoms with Crippen LogP contribution in [0.5, 0.6) is 0 Å². The van der Waals surface area contributed by atoms with Crippen molar-refractivity contribution in [3.05, 3.63) is 45.3 Å². The first-order chi connectivity index (χ1) is 8.47. The molecule has 0 fully saturated rings. The molecule has 6 heteroatoms. The Morgan fingerprint density at radius 1 is 1.28 bits per heavy atom. The number of aryl methyl sites for hydroxylation is 2. The van der Waals surface area contributed by atoms with Crippen molar-refractivity contribution in [1.82, 2.24) is 4.98 Å². The quantitative estimate of drug-likeness (QED) is 0.854. The monoisotopic (exact) mass is 288 g/mol. The molecule has 1 heterocycles. The maximum absolute atomic E-state index is 13.2. The number of nitrogens with one attached hydrogen (secondary N) is 1. The van der Waals surface area contributed by atoms with Gasteiger partial charge in [0.1, 0.15) is 5.76 Å². The lowest BCUT2D eigenvalue weighted by atomic mass is 10.3. The second kappa shape index (κ2) is 5.16. The lowest BCUT2D eigenvalue weighted by Gasteiger charge is -2.06. The number of oxazole rings is 1. The van der Waals surface area contributed by atoms with Crippen LogP contribution in [0.4, 0.5) is 10.1 Å². The maximum atomic E-state index is 13.2. The highest BCUT2D eigenvalue weighted by Crippen LogP contribution is 2.27. The van der Waals surface area contributed by atoms with Crippen molar-refractivity contribution in [3.63, 3.8) is 0 Å². The molecule has 1 aromatic carbocycles. The molecule has 0 atom stereocenters. The van der Waals surface area contributed by atoms with Crippen LogP contribution in [0.15, 0.2) is 16.5 Å². The predicted molar refractivity (Wildman–Crippen MR) is 69.7 cm³/mol. The normalized spacial score (nSPS) is 10.7. The van der Waals surface area contributed by atoms with Gasteiger partial charge in [0.15, 0.2) is 5.82 Å². The number of aromatic nitrogens is 1. The third kappa shape index (κ3) is 2.76. The summed E-state index contributed by atoms with van der Waals surface area (Å²) in [5, 5.41) is 2.97. The molecule has 0 spiro atoms. The smallest absolute Gasteiger partial charge is 0.213 e. The summed E-state index contributed by atoms with van der Waals surface area (Å²) in [6.45, 7) is 4.10. The number of nitrogens with zero attached hydrogens (tertiary/aromatic N) is 1. The molecule has 0 radical (unpaired) electrons. The van der Waals surface area contributed by atoms with Gasteiger partial charge in [-0.05, 0) is 26.0 Å². The van der Waals surface area contributed by atoms with Gasteiger partial charge < -0.3 is 9.73 Å². The summed E-state index contributed by atoms with van der Waals surface area (Å²) in [7, 11) is 0. The van der Waals surface area contributed by atoms with Crippen molar-refractivity contribution in [3.8, 4) is 0 Å². The molecule has 1 N–H and O–H groups in total. The molecule has 0 saturated carbocycles. The van der Waals surface area contributed by atoms with Crippen LogP contribution in [0.25, 0.3) is 0 Å². The van der Waals surface area contributed by atoms with E-state index in [1.165, 1.54) is 12.1 Å². The van der Waals surface area contributed by atoms with Crippen molar-refractivity contribution >= 4 is 28.9 Å². The van der Waals surface area contributed by atoms with E-state index in [1.807, 2.05) is 13.8 Å². The van der Waals surface area contributed by atoms with Crippen LogP contribution in [-0.2, 0) is 6.54 Å². The molecule has 0 aliphatic heterocycles. The average Bonchev–Trinajstić information content (AvgIpc) is 2.63. The highest BCUT2D eigenvalue weighted by molar-refractivity contribution is 6.35. The SMILES string of the molecule is Cc1nc(CNc2cc(Cl)c(F)c(Cl)c2)oc1C. The highest BCUT2D eigenvalue weighted by Gasteiger charge is 2.09. The van der Waals surface area contributed by atoms with E-state index in [4.69, 9.17) is 27.6 Å². The molecule has 18 heavy (non-hydrogen) atoms. The molecule has 2 rings (SSSR count). The first-order valence-electron chi connectivity index (χ1n) is 5.28. The van der Waals surface area contributed by atoms with Gasteiger partial charge in [0.25, 0.3) is 0 Å². The van der Waals surface area contributed by atoms with Gasteiger partial charge in [-0.2, -0.15) is 0 Å². The Kier molecular flexibility index (Phi) is 3.78. The van der Waals surface area contributed by atoms with E-state index >= 15 is 0 Å². The highest BCUT2D eigenvalue weighted by atomic mass is 35.5. The van der Waals surface area contributed by atoms with E-state index in [2.05, 4.69) is 10.3 Å². The van der Waals surface area contributed by atoms with Crippen LogP contribution >= 0.6 is 23.2 Å². The molecule has 0 saturated heterocycles. The van der Waals surface area contributed by atoms with Crippen molar-refractivity contribution in [2.24, 2.45) is 0 Å². The number of hydrogen-bond donors (Lipinski definition) is 1. The second-order valence-corrected chi connectivity index (χ2v) is 4.67. The topological polar surface area (TPSA) is 38.1 Å². The minimum atomic E-state index is -0.619. The number of hydrogen-bond acceptors (Lipinski definition) is 3. The van der Waals surface area contributed by atoms with E-state index in [-0.39, 0.29) is 10.0 Å². The first-order valence-corrected chi connectivity index (χ1v) is 6.04. The summed E-state index contributed by atoms with van der Waals surface area (Å²) in [5.74, 6) is 0.718. The Hall–Kier alpha value is -1.26. The summed E-state index contributed by atoms with van der Waals surface area (Å²) >= 11 is 11.4. The van der Waals surface area contributed by atoms with Crippen LogP contribution in [0, 0.1) is 19.7 Å². The molecular weight excluding hydrogens is 278 g/mol. The predicted octanol–water partition coefficient (Wildman–Crippen LogP) is 4.35. The van der Waals surface area contributed by atoms with E-state index in [0.29, 0.717) is 18.1 Å². The third-order valence-electron chi connectivity index (χ3n) is 2.50. The van der Waals surface area contributed by atoms with Crippen molar-refractivity contribution < 1.29 is 8.81 Å². The number of anilines is 1. The standard InChI is InChI=1S/C12H11Cl2FN2O/c1-6-7(2)18-11(17-6)5-16-8-3-9(13)12(15)10(14)4-8/h3-4,16H,5H2,1-2H3. The second-order valence-electron chi connectivity index (χ2n) is 3.86. The fourth-order valence-corrected chi connectivity index (χ4v) is 1.94. The molecule has 0 unspecified atom stereocenters. The Balaban J connectivity index is 2.11. The Labute approximate surface area is 114 Å². The van der Waals surface area contributed by atoms with Crippen LogP contribution in [0.2, 0.25) is 10.0 Å². The fourth-order valence-electron chi connectivity index (χ4n) is 1.45. The van der Waals surface area contributed by atoms with Gasteiger partial charge in [0.2, 0.25) is 5.89 Å². The summed E-state index contributed by atoms with van der Waals surface area (Å²) < 4.78 is 18.6. The third-order valence-corrected chi connectivity index (χ3v) is 3.05. The summed E-state index contributed by atoms with van der Waals surface area (Å²) in [4.78, 5) is 4.22. The number of rotatable bonds is 3. The fraction of sp³-hybridized carbons (Fsp3) is 0.250. The Bertz CT molecular complexity index is 541. The molecular formula is C12H11Cl2FN2O. The van der Waals surface area contributed by atoms with Crippen molar-refractivity contribution in [2.45, 2.75) is 20.4 Å². The average molecular weight is 289 g/mol. The van der Waals surface area contributed by atoms with Gasteiger partial charge in [-0.1, -0.05) is 23.2 Å². The summed E-state index contributed by atoms with van der Waals surface area (Å²) in [6, 6.07) is 2.93. The molecule has 0 bridgehead atoms. The zero-order valence-electron chi connectivity index (χ0n) is 9.85. The van der Waals surface area contributed by atoms with Crippen LogP contribution in [-0.4, -0.2) is 4.98 Å². The molecule has 0 aliphatic rings. The molecule has 96 valence electrons. The zero-order valence-corrected chi connectivity index (χ0v) is 11.4. The van der Waals surface area contributed by atoms with Gasteiger partial charge in [-0.3, -0.25) is 0 Å². The van der Waals surface area contributed by atoms with Gasteiger partial charge in [0, 0.05) is 5.69 Å². The largest absolute Gasteiger partial charge is 0.444 e. The summed E-state index contributed by atoms with van der Waals surface area (Å²) in [5.41, 5.74) is 1.46. The van der Waals surface area contributed by atoms with Crippen LogP contribution in [0.3, 0.4) is 0 Å². The maximum Gasteiger partial charge on any atom is 0.213 e. The van der Waals surface area contributed by atoms with E-state index in [0.717, 1.165) is 11.5 Å². The van der Waals surface area contributed by atoms with Gasteiger partial charge in [0.05, 0.1) is 22.3 Å². The minimum absolute atomic E-state index is 0.0234. The Morgan fingerprint density at radius 3 is 2.39 bits per heavy atom. The van der Waals surface area contributed by atoms with Gasteiger partial charge in [-0.25, -0.2) is 9.37 Å². The zero-order chi connectivity index (χ0) is 13.3. The number of benzene rings is 1. The lowest BCUT2D eigenvalue weighted by Crippen LogP contribution is -2.00. The van der Waals surface area contributed by atoms with Crippen LogP contribution in [0.1, 0.15) is 17.3 Å². The molecule has 0 amide bonds. The molecule has 0 aliphatic carbocycles. The van der Waals surface area contributed by atoms with E-state index in [1.54, 1.807) is 0 Å². The lowest BCUT2D eigenvalue weighted by molar-refractivity contribution is 0.478. The van der Waals surface area contributed by atoms with Gasteiger partial charge in [-0.15, -0.1) is 0 Å².